The number of hydrogen-bond acceptors (Lipinski definition) is 4. The highest BCUT2D eigenvalue weighted by atomic mass is 32.1. The molecule has 0 atom stereocenters. The van der Waals surface area contributed by atoms with Gasteiger partial charge in [0.1, 0.15) is 0 Å². The Hall–Kier alpha value is -1.82. The van der Waals surface area contributed by atoms with E-state index in [9.17, 15) is 4.79 Å². The summed E-state index contributed by atoms with van der Waals surface area (Å²) >= 11 is 1.79. The predicted octanol–water partition coefficient (Wildman–Crippen LogP) is 1.79. The molecule has 0 unspecified atom stereocenters. The number of anilines is 1. The Morgan fingerprint density at radius 2 is 2.40 bits per heavy atom. The monoisotopic (exact) mass is 290 g/mol. The molecule has 2 aromatic rings. The zero-order valence-corrected chi connectivity index (χ0v) is 12.5. The average Bonchev–Trinajstić information content (AvgIpc) is 3.01. The molecule has 6 heteroatoms. The van der Waals surface area contributed by atoms with E-state index in [1.54, 1.807) is 16.0 Å². The molecule has 3 heterocycles. The van der Waals surface area contributed by atoms with Crippen molar-refractivity contribution in [3.63, 3.8) is 0 Å². The molecule has 1 aliphatic heterocycles. The number of carbonyl (C=O) groups excluding carboxylic acids is 1. The van der Waals surface area contributed by atoms with Gasteiger partial charge in [-0.25, -0.2) is 0 Å². The van der Waals surface area contributed by atoms with Gasteiger partial charge in [-0.1, -0.05) is 0 Å². The van der Waals surface area contributed by atoms with Gasteiger partial charge in [-0.05, 0) is 30.4 Å². The van der Waals surface area contributed by atoms with Crippen molar-refractivity contribution in [2.45, 2.75) is 19.9 Å². The van der Waals surface area contributed by atoms with Crippen LogP contribution in [0.1, 0.15) is 16.1 Å². The zero-order chi connectivity index (χ0) is 14.1. The lowest BCUT2D eigenvalue weighted by molar-refractivity contribution is -0.130. The number of thiophene rings is 1. The van der Waals surface area contributed by atoms with Gasteiger partial charge in [-0.2, -0.15) is 5.10 Å². The number of nitrogens with zero attached hydrogens (tertiary/aromatic N) is 3. The molecule has 0 spiro atoms. The van der Waals surface area contributed by atoms with Crippen molar-refractivity contribution in [3.8, 4) is 0 Å². The second kappa shape index (κ2) is 5.28. The normalized spacial score (nSPS) is 14.2. The molecule has 0 aromatic carbocycles. The second-order valence-electron chi connectivity index (χ2n) is 5.09. The van der Waals surface area contributed by atoms with Crippen molar-refractivity contribution in [1.29, 1.82) is 0 Å². The van der Waals surface area contributed by atoms with Crippen molar-refractivity contribution in [1.82, 2.24) is 14.7 Å². The Balaban J connectivity index is 1.59. The number of aryl methyl sites for hydroxylation is 2. The quantitative estimate of drug-likeness (QED) is 0.937. The number of aromatic nitrogens is 2. The van der Waals surface area contributed by atoms with E-state index in [-0.39, 0.29) is 5.91 Å². The van der Waals surface area contributed by atoms with Crippen molar-refractivity contribution < 1.29 is 4.79 Å². The van der Waals surface area contributed by atoms with Crippen LogP contribution in [0, 0.1) is 6.92 Å². The van der Waals surface area contributed by atoms with Crippen molar-refractivity contribution in [2.24, 2.45) is 7.05 Å². The molecule has 0 saturated heterocycles. The molecule has 1 amide bonds. The van der Waals surface area contributed by atoms with E-state index in [1.807, 2.05) is 25.1 Å². The van der Waals surface area contributed by atoms with Gasteiger partial charge in [0.2, 0.25) is 5.91 Å². The van der Waals surface area contributed by atoms with E-state index in [1.165, 1.54) is 10.4 Å². The second-order valence-corrected chi connectivity index (χ2v) is 6.09. The van der Waals surface area contributed by atoms with Crippen LogP contribution in [0.15, 0.2) is 17.6 Å². The van der Waals surface area contributed by atoms with Crippen LogP contribution in [0.5, 0.6) is 0 Å². The fourth-order valence-corrected chi connectivity index (χ4v) is 3.41. The van der Waals surface area contributed by atoms with Gasteiger partial charge in [0.25, 0.3) is 0 Å². The number of nitrogens with one attached hydrogen (secondary N) is 1. The maximum absolute atomic E-state index is 12.3. The maximum Gasteiger partial charge on any atom is 0.242 e. The molecule has 5 nitrogen and oxygen atoms in total. The summed E-state index contributed by atoms with van der Waals surface area (Å²) < 4.78 is 1.75. The van der Waals surface area contributed by atoms with E-state index in [2.05, 4.69) is 21.9 Å². The smallest absolute Gasteiger partial charge is 0.242 e. The fourth-order valence-electron chi connectivity index (χ4n) is 2.52. The van der Waals surface area contributed by atoms with Crippen molar-refractivity contribution in [3.05, 3.63) is 33.8 Å². The van der Waals surface area contributed by atoms with Crippen LogP contribution in [0.3, 0.4) is 0 Å². The van der Waals surface area contributed by atoms with Crippen LogP contribution < -0.4 is 5.32 Å². The minimum absolute atomic E-state index is 0.144. The largest absolute Gasteiger partial charge is 0.373 e. The van der Waals surface area contributed by atoms with E-state index in [4.69, 9.17) is 0 Å². The summed E-state index contributed by atoms with van der Waals surface area (Å²) in [5.41, 5.74) is 3.14. The lowest BCUT2D eigenvalue weighted by atomic mass is 10.1. The summed E-state index contributed by atoms with van der Waals surface area (Å²) in [6.07, 6.45) is 2.88. The third kappa shape index (κ3) is 2.56. The molecule has 20 heavy (non-hydrogen) atoms. The number of hydrogen-bond donors (Lipinski definition) is 1. The molecular weight excluding hydrogens is 272 g/mol. The summed E-state index contributed by atoms with van der Waals surface area (Å²) in [6.45, 7) is 3.82. The molecule has 1 aliphatic rings. The molecule has 0 aliphatic carbocycles. The molecular formula is C14H18N4OS. The first-order valence-electron chi connectivity index (χ1n) is 6.70. The van der Waals surface area contributed by atoms with Crippen LogP contribution in [0.25, 0.3) is 0 Å². The van der Waals surface area contributed by atoms with Gasteiger partial charge in [-0.15, -0.1) is 11.3 Å². The Morgan fingerprint density at radius 1 is 1.55 bits per heavy atom. The standard InChI is InChI=1S/C14H18N4OS/c1-10-12(9-17(2)16-10)15-7-14(19)18-5-3-13-11(8-18)4-6-20-13/h4,6,9,15H,3,5,7-8H2,1-2H3. The molecule has 2 aromatic heterocycles. The molecule has 0 bridgehead atoms. The van der Waals surface area contributed by atoms with Gasteiger partial charge in [0, 0.05) is 31.2 Å². The molecule has 106 valence electrons. The lowest BCUT2D eigenvalue weighted by Gasteiger charge is -2.27. The van der Waals surface area contributed by atoms with Crippen LogP contribution in [-0.4, -0.2) is 33.7 Å². The number of carbonyl (C=O) groups is 1. The molecule has 0 fully saturated rings. The SMILES string of the molecule is Cc1nn(C)cc1NCC(=O)N1CCc2sccc2C1. The molecule has 0 radical (unpaired) electrons. The van der Waals surface area contributed by atoms with Crippen molar-refractivity contribution >= 4 is 22.9 Å². The molecule has 1 N–H and O–H groups in total. The Labute approximate surface area is 122 Å². The van der Waals surface area contributed by atoms with E-state index in [0.717, 1.165) is 30.9 Å². The average molecular weight is 290 g/mol. The summed E-state index contributed by atoms with van der Waals surface area (Å²) in [4.78, 5) is 15.6. The van der Waals surface area contributed by atoms with Crippen LogP contribution in [0.4, 0.5) is 5.69 Å². The van der Waals surface area contributed by atoms with Gasteiger partial charge in [0.15, 0.2) is 0 Å². The van der Waals surface area contributed by atoms with Crippen molar-refractivity contribution in [2.75, 3.05) is 18.4 Å². The minimum atomic E-state index is 0.144. The van der Waals surface area contributed by atoms with Crippen LogP contribution >= 0.6 is 11.3 Å². The van der Waals surface area contributed by atoms with Gasteiger partial charge >= 0.3 is 0 Å². The summed E-state index contributed by atoms with van der Waals surface area (Å²) in [7, 11) is 1.88. The van der Waals surface area contributed by atoms with E-state index >= 15 is 0 Å². The first kappa shape index (κ1) is 13.2. The Kier molecular flexibility index (Phi) is 3.48. The Bertz CT molecular complexity index is 631. The van der Waals surface area contributed by atoms with E-state index < -0.39 is 0 Å². The lowest BCUT2D eigenvalue weighted by Crippen LogP contribution is -2.38. The highest BCUT2D eigenvalue weighted by molar-refractivity contribution is 7.10. The number of fused-ring (bicyclic) bond motifs is 1. The predicted molar refractivity (Wildman–Crippen MR) is 79.9 cm³/mol. The topological polar surface area (TPSA) is 50.2 Å². The van der Waals surface area contributed by atoms with E-state index in [0.29, 0.717) is 6.54 Å². The summed E-state index contributed by atoms with van der Waals surface area (Å²) in [5.74, 6) is 0.144. The first-order chi connectivity index (χ1) is 9.63. The van der Waals surface area contributed by atoms with Gasteiger partial charge < -0.3 is 10.2 Å². The minimum Gasteiger partial charge on any atom is -0.373 e. The summed E-state index contributed by atoms with van der Waals surface area (Å²) in [6, 6.07) is 2.12. The third-order valence-corrected chi connectivity index (χ3v) is 4.63. The van der Waals surface area contributed by atoms with Crippen LogP contribution in [0.2, 0.25) is 0 Å². The zero-order valence-electron chi connectivity index (χ0n) is 11.7. The third-order valence-electron chi connectivity index (χ3n) is 3.60. The van der Waals surface area contributed by atoms with Crippen LogP contribution in [-0.2, 0) is 24.8 Å². The number of amides is 1. The Morgan fingerprint density at radius 3 is 3.15 bits per heavy atom. The molecule has 3 rings (SSSR count). The first-order valence-corrected chi connectivity index (χ1v) is 7.58. The fraction of sp³-hybridized carbons (Fsp3) is 0.429. The van der Waals surface area contributed by atoms with Gasteiger partial charge in [-0.3, -0.25) is 9.48 Å². The highest BCUT2D eigenvalue weighted by Crippen LogP contribution is 2.24. The highest BCUT2D eigenvalue weighted by Gasteiger charge is 2.21. The number of rotatable bonds is 3. The maximum atomic E-state index is 12.3. The summed E-state index contributed by atoms with van der Waals surface area (Å²) in [5, 5.41) is 9.54. The van der Waals surface area contributed by atoms with Gasteiger partial charge in [0.05, 0.1) is 17.9 Å². The molecule has 0 saturated carbocycles.